The normalized spacial score (nSPS) is 11.7. The number of fused-ring (bicyclic) bond motifs is 1. The highest BCUT2D eigenvalue weighted by Gasteiger charge is 2.16. The lowest BCUT2D eigenvalue weighted by Gasteiger charge is -2.04. The number of nitrogen functional groups attached to an aromatic ring is 1. The largest absolute Gasteiger partial charge is 0.399 e. The second-order valence-corrected chi connectivity index (χ2v) is 7.38. The second-order valence-electron chi connectivity index (χ2n) is 4.66. The van der Waals surface area contributed by atoms with Gasteiger partial charge in [0.1, 0.15) is 0 Å². The van der Waals surface area contributed by atoms with Crippen LogP contribution in [-0.4, -0.2) is 13.4 Å². The second kappa shape index (κ2) is 5.01. The van der Waals surface area contributed by atoms with E-state index in [4.69, 9.17) is 5.73 Å². The molecule has 0 saturated heterocycles. The molecule has 0 aliphatic carbocycles. The van der Waals surface area contributed by atoms with E-state index in [9.17, 15) is 8.42 Å². The van der Waals surface area contributed by atoms with Gasteiger partial charge in [0.25, 0.3) is 10.0 Å². The quantitative estimate of drug-likeness (QED) is 0.727. The molecule has 1 aromatic heterocycles. The van der Waals surface area contributed by atoms with Crippen LogP contribution in [0.4, 0.5) is 10.8 Å². The van der Waals surface area contributed by atoms with E-state index in [1.165, 1.54) is 11.3 Å². The van der Waals surface area contributed by atoms with Crippen molar-refractivity contribution < 1.29 is 8.42 Å². The van der Waals surface area contributed by atoms with Crippen molar-refractivity contribution in [2.75, 3.05) is 10.5 Å². The lowest BCUT2D eigenvalue weighted by molar-refractivity contribution is 0.601. The van der Waals surface area contributed by atoms with Crippen LogP contribution >= 0.6 is 11.3 Å². The van der Waals surface area contributed by atoms with Gasteiger partial charge >= 0.3 is 0 Å². The van der Waals surface area contributed by atoms with Crippen molar-refractivity contribution in [3.63, 3.8) is 0 Å². The number of rotatable bonds is 3. The fourth-order valence-electron chi connectivity index (χ4n) is 1.88. The molecule has 7 heteroatoms. The van der Waals surface area contributed by atoms with Crippen molar-refractivity contribution in [1.82, 2.24) is 4.98 Å². The highest BCUT2D eigenvalue weighted by atomic mass is 32.2. The first-order chi connectivity index (χ1) is 9.94. The first-order valence-electron chi connectivity index (χ1n) is 6.20. The fourth-order valence-corrected chi connectivity index (χ4v) is 3.96. The summed E-state index contributed by atoms with van der Waals surface area (Å²) in [5.41, 5.74) is 7.98. The summed E-state index contributed by atoms with van der Waals surface area (Å²) < 4.78 is 28.0. The summed E-state index contributed by atoms with van der Waals surface area (Å²) in [6, 6.07) is 12.0. The number of benzene rings is 2. The minimum atomic E-state index is -3.62. The average molecular weight is 319 g/mol. The number of thiazole rings is 1. The minimum Gasteiger partial charge on any atom is -0.399 e. The molecule has 1 heterocycles. The van der Waals surface area contributed by atoms with E-state index in [0.717, 1.165) is 10.3 Å². The Labute approximate surface area is 126 Å². The summed E-state index contributed by atoms with van der Waals surface area (Å²) in [4.78, 5) is 4.46. The van der Waals surface area contributed by atoms with Gasteiger partial charge in [-0.2, -0.15) is 0 Å². The van der Waals surface area contributed by atoms with Gasteiger partial charge in [0.2, 0.25) is 0 Å². The maximum atomic E-state index is 12.3. The zero-order valence-corrected chi connectivity index (χ0v) is 12.8. The van der Waals surface area contributed by atoms with E-state index in [0.29, 0.717) is 16.3 Å². The molecule has 21 heavy (non-hydrogen) atoms. The molecule has 0 radical (unpaired) electrons. The number of anilines is 2. The number of nitrogens with two attached hydrogens (primary N) is 1. The molecular formula is C14H13N3O2S2. The van der Waals surface area contributed by atoms with Gasteiger partial charge in [-0.25, -0.2) is 13.4 Å². The van der Waals surface area contributed by atoms with E-state index < -0.39 is 10.0 Å². The summed E-state index contributed by atoms with van der Waals surface area (Å²) in [6.07, 6.45) is 0. The summed E-state index contributed by atoms with van der Waals surface area (Å²) in [5, 5.41) is 0.330. The third-order valence-corrected chi connectivity index (χ3v) is 5.40. The van der Waals surface area contributed by atoms with Crippen LogP contribution in [0.15, 0.2) is 47.4 Å². The Morgan fingerprint density at radius 1 is 1.14 bits per heavy atom. The summed E-state index contributed by atoms with van der Waals surface area (Å²) in [7, 11) is -3.62. The van der Waals surface area contributed by atoms with Gasteiger partial charge in [0.05, 0.1) is 15.1 Å². The summed E-state index contributed by atoms with van der Waals surface area (Å²) >= 11 is 1.27. The Balaban J connectivity index is 1.95. The maximum Gasteiger partial charge on any atom is 0.263 e. The molecule has 5 nitrogen and oxygen atoms in total. The monoisotopic (exact) mass is 319 g/mol. The Kier molecular flexibility index (Phi) is 3.30. The van der Waals surface area contributed by atoms with Crippen LogP contribution in [0.3, 0.4) is 0 Å². The lowest BCUT2D eigenvalue weighted by Crippen LogP contribution is -2.12. The Morgan fingerprint density at radius 3 is 2.57 bits per heavy atom. The molecule has 0 bridgehead atoms. The molecule has 0 aliphatic rings. The van der Waals surface area contributed by atoms with E-state index in [1.807, 2.05) is 13.0 Å². The first kappa shape index (κ1) is 13.8. The van der Waals surface area contributed by atoms with Gasteiger partial charge in [0, 0.05) is 5.69 Å². The van der Waals surface area contributed by atoms with Crippen LogP contribution in [-0.2, 0) is 10.0 Å². The number of sulfonamides is 1. The molecule has 108 valence electrons. The number of aryl methyl sites for hydroxylation is 1. The molecule has 3 rings (SSSR count). The molecule has 3 N–H and O–H groups in total. The van der Waals surface area contributed by atoms with Gasteiger partial charge in [0.15, 0.2) is 5.13 Å². The number of nitrogens with zero attached hydrogens (tertiary/aromatic N) is 1. The summed E-state index contributed by atoms with van der Waals surface area (Å²) in [5.74, 6) is 0. The SMILES string of the molecule is Cc1ccc(S(=O)(=O)Nc2nc3cc(N)ccc3s2)cc1. The van der Waals surface area contributed by atoms with Crippen molar-refractivity contribution in [2.45, 2.75) is 11.8 Å². The highest BCUT2D eigenvalue weighted by molar-refractivity contribution is 7.93. The molecule has 0 aliphatic heterocycles. The topological polar surface area (TPSA) is 85.1 Å². The van der Waals surface area contributed by atoms with Gasteiger partial charge in [-0.05, 0) is 37.3 Å². The van der Waals surface area contributed by atoms with Crippen molar-refractivity contribution >= 4 is 42.4 Å². The maximum absolute atomic E-state index is 12.3. The minimum absolute atomic E-state index is 0.215. The zero-order valence-electron chi connectivity index (χ0n) is 11.2. The molecule has 0 fully saturated rings. The Morgan fingerprint density at radius 2 is 1.86 bits per heavy atom. The van der Waals surface area contributed by atoms with Crippen molar-refractivity contribution in [3.05, 3.63) is 48.0 Å². The van der Waals surface area contributed by atoms with Crippen molar-refractivity contribution in [1.29, 1.82) is 0 Å². The third kappa shape index (κ3) is 2.84. The van der Waals surface area contributed by atoms with Crippen LogP contribution in [0, 0.1) is 6.92 Å². The molecule has 0 spiro atoms. The summed E-state index contributed by atoms with van der Waals surface area (Å²) in [6.45, 7) is 1.90. The Hall–Kier alpha value is -2.12. The standard InChI is InChI=1S/C14H13N3O2S2/c1-9-2-5-11(6-3-9)21(18,19)17-14-16-12-8-10(15)4-7-13(12)20-14/h2-8H,15H2,1H3,(H,16,17). The predicted molar refractivity (Wildman–Crippen MR) is 86.0 cm³/mol. The first-order valence-corrected chi connectivity index (χ1v) is 8.49. The average Bonchev–Trinajstić information content (AvgIpc) is 2.79. The number of nitrogens with one attached hydrogen (secondary N) is 1. The fraction of sp³-hybridized carbons (Fsp3) is 0.0714. The molecule has 0 amide bonds. The van der Waals surface area contributed by atoms with E-state index in [1.54, 1.807) is 36.4 Å². The number of aromatic nitrogens is 1. The molecule has 0 atom stereocenters. The van der Waals surface area contributed by atoms with Gasteiger partial charge in [-0.3, -0.25) is 4.72 Å². The molecule has 0 saturated carbocycles. The van der Waals surface area contributed by atoms with E-state index in [-0.39, 0.29) is 4.90 Å². The van der Waals surface area contributed by atoms with Crippen LogP contribution in [0.1, 0.15) is 5.56 Å². The number of hydrogen-bond donors (Lipinski definition) is 2. The predicted octanol–water partition coefficient (Wildman–Crippen LogP) is 2.99. The molecule has 3 aromatic rings. The van der Waals surface area contributed by atoms with Gasteiger partial charge in [-0.1, -0.05) is 29.0 Å². The van der Waals surface area contributed by atoms with Crippen LogP contribution in [0.25, 0.3) is 10.2 Å². The van der Waals surface area contributed by atoms with Crippen LogP contribution < -0.4 is 10.5 Å². The van der Waals surface area contributed by atoms with Crippen molar-refractivity contribution in [2.24, 2.45) is 0 Å². The third-order valence-electron chi connectivity index (χ3n) is 2.96. The van der Waals surface area contributed by atoms with E-state index >= 15 is 0 Å². The van der Waals surface area contributed by atoms with Gasteiger partial charge in [-0.15, -0.1) is 0 Å². The molecule has 2 aromatic carbocycles. The number of hydrogen-bond acceptors (Lipinski definition) is 5. The van der Waals surface area contributed by atoms with Crippen LogP contribution in [0.2, 0.25) is 0 Å². The van der Waals surface area contributed by atoms with Gasteiger partial charge < -0.3 is 5.73 Å². The molecule has 0 unspecified atom stereocenters. The highest BCUT2D eigenvalue weighted by Crippen LogP contribution is 2.28. The smallest absolute Gasteiger partial charge is 0.263 e. The van der Waals surface area contributed by atoms with Crippen LogP contribution in [0.5, 0.6) is 0 Å². The lowest BCUT2D eigenvalue weighted by atomic mass is 10.2. The Bertz CT molecular complexity index is 900. The molecular weight excluding hydrogens is 306 g/mol. The van der Waals surface area contributed by atoms with Crippen molar-refractivity contribution in [3.8, 4) is 0 Å². The van der Waals surface area contributed by atoms with E-state index in [2.05, 4.69) is 9.71 Å². The zero-order chi connectivity index (χ0) is 15.0.